The number of allylic oxidation sites excluding steroid dienone is 1. The Balaban J connectivity index is 1.42. The number of hydrogen-bond donors (Lipinski definition) is 2. The summed E-state index contributed by atoms with van der Waals surface area (Å²) in [6, 6.07) is 8.39. The first-order chi connectivity index (χ1) is 14.5. The number of hydrogen-bond acceptors (Lipinski definition) is 5. The Hall–Kier alpha value is -2.60. The van der Waals surface area contributed by atoms with Crippen LogP contribution in [0.15, 0.2) is 41.2 Å². The van der Waals surface area contributed by atoms with E-state index in [0.717, 1.165) is 30.0 Å². The molecule has 1 aliphatic heterocycles. The van der Waals surface area contributed by atoms with E-state index in [1.54, 1.807) is 0 Å². The van der Waals surface area contributed by atoms with Gasteiger partial charge < -0.3 is 10.1 Å². The van der Waals surface area contributed by atoms with E-state index in [2.05, 4.69) is 45.0 Å². The highest BCUT2D eigenvalue weighted by Crippen LogP contribution is 2.17. The minimum atomic E-state index is -0.102. The zero-order valence-corrected chi connectivity index (χ0v) is 18.3. The highest BCUT2D eigenvalue weighted by atomic mass is 16.5. The van der Waals surface area contributed by atoms with Gasteiger partial charge in [0, 0.05) is 25.1 Å². The van der Waals surface area contributed by atoms with Gasteiger partial charge in [-0.2, -0.15) is 0 Å². The van der Waals surface area contributed by atoms with Crippen molar-refractivity contribution in [2.45, 2.75) is 52.5 Å². The van der Waals surface area contributed by atoms with Gasteiger partial charge >= 0.3 is 0 Å². The summed E-state index contributed by atoms with van der Waals surface area (Å²) in [5.41, 5.74) is 3.57. The molecule has 1 aromatic carbocycles. The van der Waals surface area contributed by atoms with E-state index in [9.17, 15) is 4.79 Å². The maximum absolute atomic E-state index is 12.2. The van der Waals surface area contributed by atoms with Crippen LogP contribution in [0.3, 0.4) is 0 Å². The summed E-state index contributed by atoms with van der Waals surface area (Å²) in [4.78, 5) is 22.0. The molecule has 2 N–H and O–H groups in total. The number of H-pyrrole nitrogens is 1. The quantitative estimate of drug-likeness (QED) is 0.456. The number of anilines is 1. The van der Waals surface area contributed by atoms with Crippen molar-refractivity contribution in [3.8, 4) is 5.75 Å². The molecule has 1 aliphatic rings. The molecule has 1 fully saturated rings. The zero-order valence-electron chi connectivity index (χ0n) is 18.3. The van der Waals surface area contributed by atoms with Crippen LogP contribution in [0.25, 0.3) is 0 Å². The van der Waals surface area contributed by atoms with Gasteiger partial charge in [-0.05, 0) is 63.9 Å². The third kappa shape index (κ3) is 6.73. The topological polar surface area (TPSA) is 70.2 Å². The molecular weight excluding hydrogens is 376 g/mol. The predicted molar refractivity (Wildman–Crippen MR) is 122 cm³/mol. The second kappa shape index (κ2) is 11.0. The molecule has 2 aromatic rings. The van der Waals surface area contributed by atoms with Crippen LogP contribution in [0, 0.1) is 6.92 Å². The van der Waals surface area contributed by atoms with Crippen LogP contribution in [-0.2, 0) is 13.0 Å². The van der Waals surface area contributed by atoms with Gasteiger partial charge in [0.25, 0.3) is 5.56 Å². The van der Waals surface area contributed by atoms with Crippen molar-refractivity contribution in [1.29, 1.82) is 0 Å². The number of aromatic amines is 1. The van der Waals surface area contributed by atoms with Crippen molar-refractivity contribution >= 4 is 5.95 Å². The Kier molecular flexibility index (Phi) is 8.08. The number of aryl methyl sites for hydroxylation is 1. The molecule has 162 valence electrons. The van der Waals surface area contributed by atoms with Crippen LogP contribution in [0.5, 0.6) is 5.75 Å². The van der Waals surface area contributed by atoms with Gasteiger partial charge in [-0.15, -0.1) is 0 Å². The molecule has 0 spiro atoms. The molecule has 3 rings (SSSR count). The minimum absolute atomic E-state index is 0.102. The molecule has 6 nitrogen and oxygen atoms in total. The van der Waals surface area contributed by atoms with E-state index in [4.69, 9.17) is 4.74 Å². The monoisotopic (exact) mass is 410 g/mol. The third-order valence-corrected chi connectivity index (χ3v) is 5.34. The summed E-state index contributed by atoms with van der Waals surface area (Å²) < 4.78 is 5.92. The molecule has 0 atom stereocenters. The third-order valence-electron chi connectivity index (χ3n) is 5.34. The summed E-state index contributed by atoms with van der Waals surface area (Å²) in [7, 11) is 0. The summed E-state index contributed by atoms with van der Waals surface area (Å²) >= 11 is 0. The summed E-state index contributed by atoms with van der Waals surface area (Å²) in [5.74, 6) is 1.42. The maximum Gasteiger partial charge on any atom is 0.256 e. The van der Waals surface area contributed by atoms with Crippen molar-refractivity contribution in [1.82, 2.24) is 14.9 Å². The number of ether oxygens (including phenoxy) is 1. The summed E-state index contributed by atoms with van der Waals surface area (Å²) in [6.45, 7) is 12.3. The van der Waals surface area contributed by atoms with Gasteiger partial charge in [0.05, 0.1) is 12.3 Å². The van der Waals surface area contributed by atoms with Crippen molar-refractivity contribution in [3.05, 3.63) is 63.6 Å². The number of piperidine rings is 1. The lowest BCUT2D eigenvalue weighted by Gasteiger charge is -2.26. The SMILES string of the molecule is C=C(C)Cc1c(C)nc(NCCCOc2cccc(CN3CCCCC3)c2)[nH]c1=O. The van der Waals surface area contributed by atoms with Crippen LogP contribution in [0.2, 0.25) is 0 Å². The van der Waals surface area contributed by atoms with Crippen molar-refractivity contribution in [3.63, 3.8) is 0 Å². The molecule has 0 aliphatic carbocycles. The Morgan fingerprint density at radius 2 is 2.10 bits per heavy atom. The summed E-state index contributed by atoms with van der Waals surface area (Å²) in [6.07, 6.45) is 5.33. The van der Waals surface area contributed by atoms with Gasteiger partial charge in [-0.1, -0.05) is 30.7 Å². The number of likely N-dealkylation sites (tertiary alicyclic amines) is 1. The molecule has 1 saturated heterocycles. The zero-order chi connectivity index (χ0) is 21.3. The first kappa shape index (κ1) is 22.1. The van der Waals surface area contributed by atoms with Gasteiger partial charge in [0.2, 0.25) is 5.95 Å². The lowest BCUT2D eigenvalue weighted by atomic mass is 10.1. The highest BCUT2D eigenvalue weighted by Gasteiger charge is 2.11. The Morgan fingerprint density at radius 1 is 1.30 bits per heavy atom. The van der Waals surface area contributed by atoms with Crippen molar-refractivity contribution in [2.24, 2.45) is 0 Å². The van der Waals surface area contributed by atoms with Gasteiger partial charge in [0.1, 0.15) is 5.75 Å². The fraction of sp³-hybridized carbons (Fsp3) is 0.500. The van der Waals surface area contributed by atoms with Crippen molar-refractivity contribution in [2.75, 3.05) is 31.6 Å². The number of nitrogens with one attached hydrogen (secondary N) is 2. The van der Waals surface area contributed by atoms with Gasteiger partial charge in [-0.3, -0.25) is 14.7 Å². The second-order valence-electron chi connectivity index (χ2n) is 8.23. The maximum atomic E-state index is 12.2. The van der Waals surface area contributed by atoms with E-state index in [1.807, 2.05) is 19.9 Å². The lowest BCUT2D eigenvalue weighted by molar-refractivity contribution is 0.220. The summed E-state index contributed by atoms with van der Waals surface area (Å²) in [5, 5.41) is 3.18. The largest absolute Gasteiger partial charge is 0.494 e. The normalized spacial score (nSPS) is 14.5. The molecule has 0 radical (unpaired) electrons. The van der Waals surface area contributed by atoms with Crippen molar-refractivity contribution < 1.29 is 4.74 Å². The number of rotatable bonds is 10. The van der Waals surface area contributed by atoms with E-state index < -0.39 is 0 Å². The van der Waals surface area contributed by atoms with Gasteiger partial charge in [-0.25, -0.2) is 4.98 Å². The Labute approximate surface area is 179 Å². The predicted octanol–water partition coefficient (Wildman–Crippen LogP) is 4.06. The van der Waals surface area contributed by atoms with E-state index in [-0.39, 0.29) is 5.56 Å². The second-order valence-corrected chi connectivity index (χ2v) is 8.23. The number of aromatic nitrogens is 2. The van der Waals surface area contributed by atoms with Crippen LogP contribution < -0.4 is 15.6 Å². The van der Waals surface area contributed by atoms with E-state index in [1.165, 1.54) is 37.9 Å². The fourth-order valence-electron chi connectivity index (χ4n) is 3.78. The molecule has 6 heteroatoms. The molecular formula is C24H34N4O2. The molecule has 1 aromatic heterocycles. The molecule has 0 amide bonds. The standard InChI is InChI=1S/C24H34N4O2/c1-18(2)15-22-19(3)26-24(27-23(22)29)25-11-8-14-30-21-10-7-9-20(16-21)17-28-12-5-4-6-13-28/h7,9-10,16H,1,4-6,8,11-15,17H2,2-3H3,(H2,25,26,27,29). The van der Waals surface area contributed by atoms with Crippen LogP contribution in [-0.4, -0.2) is 41.1 Å². The number of benzene rings is 1. The average molecular weight is 411 g/mol. The van der Waals surface area contributed by atoms with Crippen LogP contribution >= 0.6 is 0 Å². The Morgan fingerprint density at radius 3 is 2.83 bits per heavy atom. The minimum Gasteiger partial charge on any atom is -0.494 e. The van der Waals surface area contributed by atoms with Crippen LogP contribution in [0.1, 0.15) is 49.4 Å². The molecule has 2 heterocycles. The molecule has 30 heavy (non-hydrogen) atoms. The van der Waals surface area contributed by atoms with E-state index >= 15 is 0 Å². The van der Waals surface area contributed by atoms with Gasteiger partial charge in [0.15, 0.2) is 0 Å². The Bertz CT molecular complexity index is 900. The first-order valence-corrected chi connectivity index (χ1v) is 10.9. The highest BCUT2D eigenvalue weighted by molar-refractivity contribution is 5.31. The number of nitrogens with zero attached hydrogens (tertiary/aromatic N) is 2. The molecule has 0 bridgehead atoms. The smallest absolute Gasteiger partial charge is 0.256 e. The molecule has 0 unspecified atom stereocenters. The molecule has 0 saturated carbocycles. The van der Waals surface area contributed by atoms with E-state index in [0.29, 0.717) is 31.1 Å². The average Bonchev–Trinajstić information content (AvgIpc) is 2.71. The lowest BCUT2D eigenvalue weighted by Crippen LogP contribution is -2.29. The van der Waals surface area contributed by atoms with Crippen LogP contribution in [0.4, 0.5) is 5.95 Å². The first-order valence-electron chi connectivity index (χ1n) is 10.9. The fourth-order valence-corrected chi connectivity index (χ4v) is 3.78.